The van der Waals surface area contributed by atoms with Crippen molar-refractivity contribution in [2.24, 2.45) is 0 Å². The van der Waals surface area contributed by atoms with Gasteiger partial charge in [0, 0.05) is 88.5 Å². The number of hydrogen-bond acceptors (Lipinski definition) is 5. The monoisotopic (exact) mass is 1570 g/mol. The van der Waals surface area contributed by atoms with Crippen molar-refractivity contribution in [2.75, 3.05) is 0 Å². The van der Waals surface area contributed by atoms with E-state index in [1.165, 1.54) is 44.5 Å². The van der Waals surface area contributed by atoms with Crippen LogP contribution in [-0.2, 0) is 5.41 Å². The second kappa shape index (κ2) is 24.7. The van der Waals surface area contributed by atoms with Gasteiger partial charge in [-0.3, -0.25) is 24.0 Å². The van der Waals surface area contributed by atoms with Crippen molar-refractivity contribution in [1.82, 2.24) is 0 Å². The molecule has 0 aromatic heterocycles. The Morgan fingerprint density at radius 1 is 0.210 bits per heavy atom. The minimum Gasteiger partial charge on any atom is -0.289 e. The maximum Gasteiger partial charge on any atom is 0.234 e. The van der Waals surface area contributed by atoms with Crippen LogP contribution in [0.25, 0.3) is 55.6 Å². The maximum absolute atomic E-state index is 12.1. The van der Waals surface area contributed by atoms with Gasteiger partial charge in [0.1, 0.15) is 0 Å². The molecule has 0 saturated carbocycles. The lowest BCUT2D eigenvalue weighted by Crippen LogP contribution is -2.25. The molecule has 0 N–H and O–H groups in total. The van der Waals surface area contributed by atoms with E-state index in [0.717, 1.165) is 71.3 Å². The number of rotatable bonds is 0. The number of hydrogen-bond donors (Lipinski definition) is 0. The van der Waals surface area contributed by atoms with E-state index in [1.54, 1.807) is 48.5 Å². The Morgan fingerprint density at radius 3 is 0.728 bits per heavy atom. The van der Waals surface area contributed by atoms with Crippen LogP contribution in [0, 0.1) is 0 Å². The van der Waals surface area contributed by atoms with Crippen LogP contribution in [0.2, 0.25) is 0 Å². The number of carbonyl (C=O) groups excluding carboxylic acids is 5. The first kappa shape index (κ1) is 60.0. The molecule has 0 amide bonds. The minimum atomic E-state index is -0.438. The summed E-state index contributed by atoms with van der Waals surface area (Å²) in [6, 6.07) is 67.8. The molecule has 0 unspecified atom stereocenters. The van der Waals surface area contributed by atoms with E-state index in [4.69, 9.17) is 0 Å². The average molecular weight is 1580 g/mol. The summed E-state index contributed by atoms with van der Waals surface area (Å²) in [4.78, 5) is 59.7. The third kappa shape index (κ3) is 10.5. The molecule has 0 saturated heterocycles. The highest BCUT2D eigenvalue weighted by Crippen LogP contribution is 2.63. The Balaban J connectivity index is 0.000000131. The topological polar surface area (TPSA) is 85.3 Å². The van der Waals surface area contributed by atoms with Crippen LogP contribution in [0.1, 0.15) is 94.5 Å². The Labute approximate surface area is 535 Å². The summed E-state index contributed by atoms with van der Waals surface area (Å²) in [6.45, 7) is 0. The van der Waals surface area contributed by atoms with Gasteiger partial charge in [-0.1, -0.05) is 220 Å². The van der Waals surface area contributed by atoms with E-state index < -0.39 is 23.1 Å². The van der Waals surface area contributed by atoms with Gasteiger partial charge in [-0.2, -0.15) is 0 Å². The molecule has 81 heavy (non-hydrogen) atoms. The van der Waals surface area contributed by atoms with Crippen molar-refractivity contribution in [3.8, 4) is 55.6 Å². The normalized spacial score (nSPS) is 13.0. The van der Waals surface area contributed by atoms with Crippen LogP contribution >= 0.6 is 124 Å². The summed E-state index contributed by atoms with van der Waals surface area (Å²) >= 11 is 26.5. The number of ketones is 5. The highest BCUT2D eigenvalue weighted by Gasteiger charge is 2.51. The van der Waals surface area contributed by atoms with E-state index in [0.29, 0.717) is 22.3 Å². The summed E-state index contributed by atoms with van der Waals surface area (Å²) < 4.78 is 5.98. The standard InChI is InChI=1S/C25H14Br2.C14H6Br2O2.C14H8O2.C13H6Br2O.2CH4.Br2/c26-15-9-11-23-19(13-15)20-14-16(27)10-12-24(20)25(23)21-7-3-1-5-17(21)18-6-2-4-8-22(18)25;15-7-1-3-9-11(5-7)12-6-8(16)2-4-10(12)14(18)13(9)17;15-13-11-7-3-1-5-9(11)10-6-2-4-8-12(10)14(13)16;14-7-1-3-9-11(5-7)12-6-8(15)2-4-10(12)13(9)16;;;1-2/h1-14H;1-6H;1-8H;1-6H;2*1H4;. The molecule has 1 spiro atoms. The maximum atomic E-state index is 12.1. The van der Waals surface area contributed by atoms with Gasteiger partial charge in [0.15, 0.2) is 5.78 Å². The quantitative estimate of drug-likeness (QED) is 0.141. The summed E-state index contributed by atoms with van der Waals surface area (Å²) in [5.41, 5.74) is 19.4. The smallest absolute Gasteiger partial charge is 0.234 e. The summed E-state index contributed by atoms with van der Waals surface area (Å²) in [7, 11) is 0. The number of fused-ring (bicyclic) bond motifs is 19. The van der Waals surface area contributed by atoms with E-state index in [-0.39, 0.29) is 26.1 Å². The molecule has 0 heterocycles. The second-order valence-corrected chi connectivity index (χ2v) is 24.2. The van der Waals surface area contributed by atoms with Crippen LogP contribution in [0.15, 0.2) is 233 Å². The van der Waals surface area contributed by atoms with Gasteiger partial charge in [0.25, 0.3) is 0 Å². The van der Waals surface area contributed by atoms with Gasteiger partial charge in [-0.25, -0.2) is 0 Å². The molecule has 5 aliphatic carbocycles. The van der Waals surface area contributed by atoms with Gasteiger partial charge in [-0.05, 0) is 175 Å². The first-order valence-corrected chi connectivity index (χ1v) is 32.8. The van der Waals surface area contributed by atoms with Gasteiger partial charge >= 0.3 is 0 Å². The van der Waals surface area contributed by atoms with Crippen molar-refractivity contribution >= 4 is 153 Å². The molecule has 5 aliphatic rings. The van der Waals surface area contributed by atoms with Crippen LogP contribution in [-0.4, -0.2) is 28.9 Å². The predicted octanol–water partition coefficient (Wildman–Crippen LogP) is 21.9. The molecule has 13 heteroatoms. The SMILES string of the molecule is BrBr.Brc1ccc2c(c1)-c1cc(Br)ccc1C21c2ccccc2-c2ccccc21.C.C.O=C1C(=O)c2ccc(Br)cc2-c2cc(Br)ccc21.O=C1C(=O)c2ccccc2-c2ccccc21.O=C1c2ccc(Br)cc2-c2cc(Br)ccc21. The number of carbonyl (C=O) groups is 5. The third-order valence-electron chi connectivity index (χ3n) is 14.5. The Morgan fingerprint density at radius 2 is 0.420 bits per heavy atom. The lowest BCUT2D eigenvalue weighted by molar-refractivity contribution is 0.0815. The van der Waals surface area contributed by atoms with Crippen LogP contribution in [0.3, 0.4) is 0 Å². The Hall–Kier alpha value is -5.61. The van der Waals surface area contributed by atoms with Crippen molar-refractivity contribution in [1.29, 1.82) is 0 Å². The van der Waals surface area contributed by atoms with E-state index in [2.05, 4.69) is 209 Å². The average Bonchev–Trinajstić information content (AvgIpc) is 3.28. The minimum absolute atomic E-state index is 0. The molecule has 10 aromatic rings. The molecular formula is C68H42Br8O5. The van der Waals surface area contributed by atoms with Crippen molar-refractivity contribution in [3.05, 3.63) is 289 Å². The van der Waals surface area contributed by atoms with Crippen molar-refractivity contribution in [3.63, 3.8) is 0 Å². The molecule has 0 fully saturated rings. The van der Waals surface area contributed by atoms with E-state index >= 15 is 0 Å². The number of halogens is 8. The van der Waals surface area contributed by atoms with Crippen LogP contribution in [0.5, 0.6) is 0 Å². The van der Waals surface area contributed by atoms with Gasteiger partial charge in [0.05, 0.1) is 5.41 Å². The molecule has 0 aliphatic heterocycles. The molecule has 0 atom stereocenters. The zero-order chi connectivity index (χ0) is 55.4. The molecule has 0 bridgehead atoms. The first-order chi connectivity index (χ1) is 38.2. The van der Waals surface area contributed by atoms with E-state index in [1.807, 2.05) is 72.8 Å². The zero-order valence-electron chi connectivity index (χ0n) is 40.7. The summed E-state index contributed by atoms with van der Waals surface area (Å²) in [5.74, 6) is -1.58. The van der Waals surface area contributed by atoms with Crippen molar-refractivity contribution in [2.45, 2.75) is 20.3 Å². The zero-order valence-corrected chi connectivity index (χ0v) is 53.4. The largest absolute Gasteiger partial charge is 0.289 e. The Kier molecular flexibility index (Phi) is 18.3. The number of Topliss-reactive ketones (excluding diaryl/α,β-unsaturated/α-hetero) is 4. The highest BCUT2D eigenvalue weighted by atomic mass is 80.9. The molecule has 15 rings (SSSR count). The third-order valence-corrected chi connectivity index (χ3v) is 17.5. The fourth-order valence-corrected chi connectivity index (χ4v) is 13.5. The lowest BCUT2D eigenvalue weighted by Gasteiger charge is -2.30. The summed E-state index contributed by atoms with van der Waals surface area (Å²) in [5, 5.41) is 0. The molecular weight excluding hydrogens is 1540 g/mol. The fourth-order valence-electron chi connectivity index (χ4n) is 11.3. The molecule has 0 radical (unpaired) electrons. The fraction of sp³-hybridized carbons (Fsp3) is 0.0441. The first-order valence-electron chi connectivity index (χ1n) is 24.3. The summed E-state index contributed by atoms with van der Waals surface area (Å²) in [6.07, 6.45) is 0. The molecule has 5 nitrogen and oxygen atoms in total. The van der Waals surface area contributed by atoms with Gasteiger partial charge in [-0.15, -0.1) is 0 Å². The van der Waals surface area contributed by atoms with Gasteiger partial charge in [0.2, 0.25) is 23.1 Å². The predicted molar refractivity (Wildman–Crippen MR) is 357 cm³/mol. The number of benzene rings is 10. The van der Waals surface area contributed by atoms with Crippen molar-refractivity contribution < 1.29 is 24.0 Å². The van der Waals surface area contributed by atoms with Gasteiger partial charge < -0.3 is 0 Å². The van der Waals surface area contributed by atoms with Crippen LogP contribution < -0.4 is 0 Å². The highest BCUT2D eigenvalue weighted by molar-refractivity contribution is 9.93. The lowest BCUT2D eigenvalue weighted by atomic mass is 9.70. The van der Waals surface area contributed by atoms with E-state index in [9.17, 15) is 24.0 Å². The molecule has 10 aromatic carbocycles. The van der Waals surface area contributed by atoms with Crippen LogP contribution in [0.4, 0.5) is 0 Å². The second-order valence-electron chi connectivity index (χ2n) is 18.7. The molecule has 400 valence electrons. The Bertz CT molecular complexity index is 3990.